The van der Waals surface area contributed by atoms with Gasteiger partial charge in [-0.05, 0) is 61.4 Å². The number of benzene rings is 3. The quantitative estimate of drug-likeness (QED) is 0.186. The number of amides is 1. The molecule has 1 N–H and O–H groups in total. The SMILES string of the molecule is COc1ccc(-c2nnc(SCC(=O)NN=CC(C)=Cc3ccccc3)n2-c2ccc(C)cc2)cc1. The molecule has 4 aromatic rings. The number of carbonyl (C=O) groups excluding carboxylic acids is 1. The molecule has 1 amide bonds. The first-order chi connectivity index (χ1) is 17.5. The van der Waals surface area contributed by atoms with Gasteiger partial charge in [-0.2, -0.15) is 5.10 Å². The Hall–Kier alpha value is -4.17. The summed E-state index contributed by atoms with van der Waals surface area (Å²) in [5, 5.41) is 13.5. The van der Waals surface area contributed by atoms with Crippen LogP contribution in [0.1, 0.15) is 18.1 Å². The average molecular weight is 498 g/mol. The second-order valence-electron chi connectivity index (χ2n) is 8.09. The van der Waals surface area contributed by atoms with Crippen molar-refractivity contribution in [1.29, 1.82) is 0 Å². The van der Waals surface area contributed by atoms with E-state index in [9.17, 15) is 4.79 Å². The molecule has 0 unspecified atom stereocenters. The molecule has 0 aliphatic carbocycles. The van der Waals surface area contributed by atoms with Gasteiger partial charge in [0.15, 0.2) is 11.0 Å². The van der Waals surface area contributed by atoms with Gasteiger partial charge in [0.05, 0.1) is 19.1 Å². The van der Waals surface area contributed by atoms with Crippen molar-refractivity contribution < 1.29 is 9.53 Å². The van der Waals surface area contributed by atoms with Crippen molar-refractivity contribution in [2.75, 3.05) is 12.9 Å². The summed E-state index contributed by atoms with van der Waals surface area (Å²) in [5.74, 6) is 1.36. The van der Waals surface area contributed by atoms with E-state index >= 15 is 0 Å². The Kier molecular flexibility index (Phi) is 8.31. The molecule has 8 heteroatoms. The molecule has 0 fully saturated rings. The smallest absolute Gasteiger partial charge is 0.250 e. The molecule has 1 aromatic heterocycles. The first-order valence-electron chi connectivity index (χ1n) is 11.4. The molecular weight excluding hydrogens is 470 g/mol. The van der Waals surface area contributed by atoms with Crippen molar-refractivity contribution >= 4 is 30.0 Å². The second kappa shape index (κ2) is 12.0. The number of aromatic nitrogens is 3. The Morgan fingerprint density at radius 2 is 1.75 bits per heavy atom. The van der Waals surface area contributed by atoms with Crippen LogP contribution in [0.3, 0.4) is 0 Å². The molecule has 0 aliphatic heterocycles. The third-order valence-electron chi connectivity index (χ3n) is 5.26. The Balaban J connectivity index is 1.47. The van der Waals surface area contributed by atoms with E-state index in [0.29, 0.717) is 11.0 Å². The number of aryl methyl sites for hydroxylation is 1. The Labute approximate surface area is 214 Å². The van der Waals surface area contributed by atoms with Crippen molar-refractivity contribution in [3.8, 4) is 22.8 Å². The number of ether oxygens (including phenoxy) is 1. The van der Waals surface area contributed by atoms with Crippen LogP contribution in [0, 0.1) is 6.92 Å². The van der Waals surface area contributed by atoms with E-state index in [4.69, 9.17) is 4.74 Å². The summed E-state index contributed by atoms with van der Waals surface area (Å²) in [6, 6.07) is 25.7. The summed E-state index contributed by atoms with van der Waals surface area (Å²) in [4.78, 5) is 12.5. The van der Waals surface area contributed by atoms with Crippen LogP contribution in [-0.2, 0) is 4.79 Å². The molecule has 0 saturated heterocycles. The predicted molar refractivity (Wildman–Crippen MR) is 146 cm³/mol. The van der Waals surface area contributed by atoms with Gasteiger partial charge in [-0.25, -0.2) is 5.43 Å². The zero-order valence-corrected chi connectivity index (χ0v) is 21.2. The van der Waals surface area contributed by atoms with E-state index in [2.05, 4.69) is 20.7 Å². The van der Waals surface area contributed by atoms with Crippen LogP contribution in [0.4, 0.5) is 0 Å². The van der Waals surface area contributed by atoms with Gasteiger partial charge in [-0.1, -0.05) is 65.9 Å². The summed E-state index contributed by atoms with van der Waals surface area (Å²) < 4.78 is 7.23. The number of carbonyl (C=O) groups is 1. The Morgan fingerprint density at radius 1 is 1.03 bits per heavy atom. The minimum absolute atomic E-state index is 0.144. The summed E-state index contributed by atoms with van der Waals surface area (Å²) in [6.45, 7) is 3.97. The fraction of sp³-hybridized carbons (Fsp3) is 0.143. The maximum absolute atomic E-state index is 12.5. The lowest BCUT2D eigenvalue weighted by molar-refractivity contribution is -0.118. The number of nitrogens with zero attached hydrogens (tertiary/aromatic N) is 4. The van der Waals surface area contributed by atoms with Crippen molar-refractivity contribution in [2.24, 2.45) is 5.10 Å². The van der Waals surface area contributed by atoms with Crippen molar-refractivity contribution in [2.45, 2.75) is 19.0 Å². The molecule has 3 aromatic carbocycles. The van der Waals surface area contributed by atoms with E-state index in [1.165, 1.54) is 11.8 Å². The number of allylic oxidation sites excluding steroid dienone is 1. The molecule has 182 valence electrons. The normalized spacial score (nSPS) is 11.6. The number of hydrogen-bond donors (Lipinski definition) is 1. The highest BCUT2D eigenvalue weighted by molar-refractivity contribution is 7.99. The van der Waals surface area contributed by atoms with E-state index < -0.39 is 0 Å². The van der Waals surface area contributed by atoms with Gasteiger partial charge in [0.1, 0.15) is 5.75 Å². The van der Waals surface area contributed by atoms with Crippen molar-refractivity contribution in [3.05, 3.63) is 95.6 Å². The standard InChI is InChI=1S/C28H27N5O2S/c1-20-9-13-24(14-10-20)33-27(23-11-15-25(35-3)16-12-23)31-32-28(33)36-19-26(34)30-29-18-21(2)17-22-7-5-4-6-8-22/h4-18H,19H2,1-3H3,(H,30,34). The first-order valence-corrected chi connectivity index (χ1v) is 12.4. The monoisotopic (exact) mass is 497 g/mol. The maximum atomic E-state index is 12.5. The van der Waals surface area contributed by atoms with Crippen LogP contribution in [0.2, 0.25) is 0 Å². The molecule has 0 aliphatic rings. The minimum Gasteiger partial charge on any atom is -0.497 e. The van der Waals surface area contributed by atoms with Crippen LogP contribution in [-0.4, -0.2) is 39.7 Å². The largest absolute Gasteiger partial charge is 0.497 e. The number of hydrazone groups is 1. The van der Waals surface area contributed by atoms with E-state index in [1.54, 1.807) is 13.3 Å². The molecule has 0 atom stereocenters. The number of hydrogen-bond acceptors (Lipinski definition) is 6. The zero-order chi connectivity index (χ0) is 25.3. The molecule has 4 rings (SSSR count). The number of methoxy groups -OCH3 is 1. The fourth-order valence-corrected chi connectivity index (χ4v) is 4.18. The second-order valence-corrected chi connectivity index (χ2v) is 9.03. The zero-order valence-electron chi connectivity index (χ0n) is 20.4. The molecule has 1 heterocycles. The Bertz CT molecular complexity index is 1360. The van der Waals surface area contributed by atoms with Crippen LogP contribution in [0.15, 0.2) is 94.7 Å². The van der Waals surface area contributed by atoms with Gasteiger partial charge in [0.25, 0.3) is 5.91 Å². The fourth-order valence-electron chi connectivity index (χ4n) is 3.43. The number of rotatable bonds is 9. The first kappa shape index (κ1) is 24.9. The summed E-state index contributed by atoms with van der Waals surface area (Å²) >= 11 is 1.30. The highest BCUT2D eigenvalue weighted by Gasteiger charge is 2.17. The maximum Gasteiger partial charge on any atom is 0.250 e. The third kappa shape index (κ3) is 6.49. The summed E-state index contributed by atoms with van der Waals surface area (Å²) in [6.07, 6.45) is 3.63. The number of nitrogens with one attached hydrogen (secondary N) is 1. The molecule has 0 spiro atoms. The molecule has 0 saturated carbocycles. The summed E-state index contributed by atoms with van der Waals surface area (Å²) in [7, 11) is 1.63. The Morgan fingerprint density at radius 3 is 2.44 bits per heavy atom. The molecular formula is C28H27N5O2S. The minimum atomic E-state index is -0.229. The third-order valence-corrected chi connectivity index (χ3v) is 6.19. The van der Waals surface area contributed by atoms with Crippen LogP contribution in [0.5, 0.6) is 5.75 Å². The summed E-state index contributed by atoms with van der Waals surface area (Å²) in [5.41, 5.74) is 7.55. The van der Waals surface area contributed by atoms with Gasteiger partial charge in [-0.3, -0.25) is 9.36 Å². The van der Waals surface area contributed by atoms with Gasteiger partial charge < -0.3 is 4.74 Å². The molecule has 36 heavy (non-hydrogen) atoms. The molecule has 0 bridgehead atoms. The molecule has 7 nitrogen and oxygen atoms in total. The van der Waals surface area contributed by atoms with Crippen LogP contribution in [0.25, 0.3) is 23.2 Å². The van der Waals surface area contributed by atoms with Gasteiger partial charge in [-0.15, -0.1) is 10.2 Å². The van der Waals surface area contributed by atoms with E-state index in [-0.39, 0.29) is 11.7 Å². The van der Waals surface area contributed by atoms with Crippen molar-refractivity contribution in [3.63, 3.8) is 0 Å². The molecule has 0 radical (unpaired) electrons. The lowest BCUT2D eigenvalue weighted by Gasteiger charge is -2.11. The van der Waals surface area contributed by atoms with E-state index in [1.807, 2.05) is 103 Å². The van der Waals surface area contributed by atoms with E-state index in [0.717, 1.165) is 33.7 Å². The topological polar surface area (TPSA) is 81.4 Å². The van der Waals surface area contributed by atoms with Crippen LogP contribution < -0.4 is 10.2 Å². The number of thioether (sulfide) groups is 1. The predicted octanol–water partition coefficient (Wildman–Crippen LogP) is 5.55. The highest BCUT2D eigenvalue weighted by atomic mass is 32.2. The highest BCUT2D eigenvalue weighted by Crippen LogP contribution is 2.29. The van der Waals surface area contributed by atoms with Gasteiger partial charge in [0.2, 0.25) is 0 Å². The van der Waals surface area contributed by atoms with Crippen molar-refractivity contribution in [1.82, 2.24) is 20.2 Å². The van der Waals surface area contributed by atoms with Crippen LogP contribution >= 0.6 is 11.8 Å². The van der Waals surface area contributed by atoms with Gasteiger partial charge in [0, 0.05) is 11.3 Å². The average Bonchev–Trinajstić information content (AvgIpc) is 3.32. The lowest BCUT2D eigenvalue weighted by atomic mass is 10.1. The lowest BCUT2D eigenvalue weighted by Crippen LogP contribution is -2.20. The van der Waals surface area contributed by atoms with Gasteiger partial charge >= 0.3 is 0 Å².